The maximum atomic E-state index is 2.55. The first-order valence-corrected chi connectivity index (χ1v) is 9.84. The smallest absolute Gasteiger partial charge is 0.00231 e. The molecular formula is C24H28. The summed E-state index contributed by atoms with van der Waals surface area (Å²) in [6.07, 6.45) is 10.1. The Morgan fingerprint density at radius 1 is 0.833 bits per heavy atom. The van der Waals surface area contributed by atoms with Crippen molar-refractivity contribution < 1.29 is 0 Å². The van der Waals surface area contributed by atoms with Gasteiger partial charge in [-0.15, -0.1) is 0 Å². The lowest BCUT2D eigenvalue weighted by Gasteiger charge is -2.57. The molecule has 0 spiro atoms. The van der Waals surface area contributed by atoms with Gasteiger partial charge < -0.3 is 0 Å². The Labute approximate surface area is 146 Å². The molecule has 0 N–H and O–H groups in total. The summed E-state index contributed by atoms with van der Waals surface area (Å²) in [6, 6.07) is 18.3. The molecule has 4 saturated carbocycles. The van der Waals surface area contributed by atoms with Gasteiger partial charge in [-0.25, -0.2) is 0 Å². The minimum Gasteiger partial charge on any atom is -0.0622 e. The van der Waals surface area contributed by atoms with Crippen LogP contribution in [0.3, 0.4) is 0 Å². The molecule has 24 heavy (non-hydrogen) atoms. The van der Waals surface area contributed by atoms with Crippen molar-refractivity contribution in [2.45, 2.75) is 57.3 Å². The highest BCUT2D eigenvalue weighted by atomic mass is 14.6. The van der Waals surface area contributed by atoms with Crippen LogP contribution in [0.1, 0.15) is 60.8 Å². The summed E-state index contributed by atoms with van der Waals surface area (Å²) in [7, 11) is 0. The van der Waals surface area contributed by atoms with E-state index in [1.807, 2.05) is 0 Å². The van der Waals surface area contributed by atoms with Crippen LogP contribution >= 0.6 is 0 Å². The summed E-state index contributed by atoms with van der Waals surface area (Å²) in [6.45, 7) is 2.32. The van der Waals surface area contributed by atoms with Crippen molar-refractivity contribution in [3.8, 4) is 0 Å². The van der Waals surface area contributed by atoms with Crippen LogP contribution in [0.25, 0.3) is 0 Å². The fourth-order valence-electron chi connectivity index (χ4n) is 6.50. The summed E-state index contributed by atoms with van der Waals surface area (Å²) in [5.41, 5.74) is 6.60. The maximum Gasteiger partial charge on any atom is -0.00231 e. The summed E-state index contributed by atoms with van der Waals surface area (Å²) in [4.78, 5) is 0. The minimum atomic E-state index is 0.533. The Kier molecular flexibility index (Phi) is 3.37. The van der Waals surface area contributed by atoms with E-state index in [-0.39, 0.29) is 0 Å². The molecule has 0 aromatic heterocycles. The Balaban J connectivity index is 1.44. The van der Waals surface area contributed by atoms with Gasteiger partial charge in [-0.3, -0.25) is 0 Å². The molecule has 0 heteroatoms. The molecule has 0 heterocycles. The molecule has 4 aliphatic carbocycles. The second-order valence-electron chi connectivity index (χ2n) is 9.00. The van der Waals surface area contributed by atoms with E-state index in [0.29, 0.717) is 5.41 Å². The summed E-state index contributed by atoms with van der Waals surface area (Å²) in [5, 5.41) is 0. The third kappa shape index (κ3) is 2.42. The van der Waals surface area contributed by atoms with Crippen LogP contribution < -0.4 is 0 Å². The standard InChI is InChI=1S/C24H28/c1-17-9-23(8-7-22(17)13-18-5-3-2-4-6-18)24-14-19-10-20(15-24)12-21(11-19)16-24/h2-9,19-21H,10-16H2,1H3. The molecule has 124 valence electrons. The average Bonchev–Trinajstić information content (AvgIpc) is 2.56. The fourth-order valence-corrected chi connectivity index (χ4v) is 6.50. The lowest BCUT2D eigenvalue weighted by molar-refractivity contribution is -0.00521. The number of rotatable bonds is 3. The normalized spacial score (nSPS) is 33.8. The lowest BCUT2D eigenvalue weighted by atomic mass is 9.48. The molecule has 6 rings (SSSR count). The zero-order chi connectivity index (χ0) is 16.1. The fraction of sp³-hybridized carbons (Fsp3) is 0.500. The van der Waals surface area contributed by atoms with E-state index in [0.717, 1.165) is 24.2 Å². The second kappa shape index (κ2) is 5.48. The van der Waals surface area contributed by atoms with Gasteiger partial charge in [0.15, 0.2) is 0 Å². The highest BCUT2D eigenvalue weighted by molar-refractivity contribution is 5.39. The van der Waals surface area contributed by atoms with Gasteiger partial charge in [0.05, 0.1) is 0 Å². The van der Waals surface area contributed by atoms with E-state index in [1.165, 1.54) is 55.2 Å². The molecule has 0 aliphatic heterocycles. The van der Waals surface area contributed by atoms with Crippen LogP contribution in [-0.2, 0) is 11.8 Å². The van der Waals surface area contributed by atoms with Gasteiger partial charge in [0.25, 0.3) is 0 Å². The molecule has 0 radical (unpaired) electrons. The molecular weight excluding hydrogens is 288 g/mol. The zero-order valence-electron chi connectivity index (χ0n) is 14.8. The summed E-state index contributed by atoms with van der Waals surface area (Å²) in [5.74, 6) is 3.08. The minimum absolute atomic E-state index is 0.533. The van der Waals surface area contributed by atoms with Crippen molar-refractivity contribution in [2.24, 2.45) is 17.8 Å². The molecule has 0 nitrogen and oxygen atoms in total. The number of benzene rings is 2. The van der Waals surface area contributed by atoms with Crippen LogP contribution in [0, 0.1) is 24.7 Å². The number of hydrogen-bond donors (Lipinski definition) is 0. The van der Waals surface area contributed by atoms with Crippen molar-refractivity contribution in [1.82, 2.24) is 0 Å². The highest BCUT2D eigenvalue weighted by Gasteiger charge is 2.51. The van der Waals surface area contributed by atoms with Gasteiger partial charge in [0.2, 0.25) is 0 Å². The Morgan fingerprint density at radius 3 is 2.04 bits per heavy atom. The van der Waals surface area contributed by atoms with Crippen molar-refractivity contribution in [1.29, 1.82) is 0 Å². The molecule has 4 bridgehead atoms. The van der Waals surface area contributed by atoms with Crippen molar-refractivity contribution in [3.63, 3.8) is 0 Å². The van der Waals surface area contributed by atoms with Gasteiger partial charge in [0.1, 0.15) is 0 Å². The predicted molar refractivity (Wildman–Crippen MR) is 100 cm³/mol. The Bertz CT molecular complexity index is 705. The van der Waals surface area contributed by atoms with E-state index in [1.54, 1.807) is 5.56 Å². The van der Waals surface area contributed by atoms with E-state index in [2.05, 4.69) is 55.5 Å². The number of aryl methyl sites for hydroxylation is 1. The van der Waals surface area contributed by atoms with Crippen LogP contribution in [0.15, 0.2) is 48.5 Å². The van der Waals surface area contributed by atoms with E-state index >= 15 is 0 Å². The molecule has 2 aromatic rings. The first-order chi connectivity index (χ1) is 11.7. The molecule has 2 aromatic carbocycles. The second-order valence-corrected chi connectivity index (χ2v) is 9.00. The first kappa shape index (κ1) is 14.8. The molecule has 4 aliphatic rings. The maximum absolute atomic E-state index is 2.55. The summed E-state index contributed by atoms with van der Waals surface area (Å²) >= 11 is 0. The molecule has 0 amide bonds. The highest BCUT2D eigenvalue weighted by Crippen LogP contribution is 2.60. The van der Waals surface area contributed by atoms with E-state index in [9.17, 15) is 0 Å². The quantitative estimate of drug-likeness (QED) is 0.646. The van der Waals surface area contributed by atoms with Crippen LogP contribution in [0.2, 0.25) is 0 Å². The largest absolute Gasteiger partial charge is 0.0622 e. The van der Waals surface area contributed by atoms with Crippen LogP contribution in [0.4, 0.5) is 0 Å². The van der Waals surface area contributed by atoms with Crippen molar-refractivity contribution >= 4 is 0 Å². The van der Waals surface area contributed by atoms with E-state index in [4.69, 9.17) is 0 Å². The van der Waals surface area contributed by atoms with Crippen LogP contribution in [-0.4, -0.2) is 0 Å². The molecule has 0 atom stereocenters. The van der Waals surface area contributed by atoms with E-state index < -0.39 is 0 Å². The zero-order valence-corrected chi connectivity index (χ0v) is 14.8. The average molecular weight is 316 g/mol. The monoisotopic (exact) mass is 316 g/mol. The number of hydrogen-bond acceptors (Lipinski definition) is 0. The Morgan fingerprint density at radius 2 is 1.46 bits per heavy atom. The van der Waals surface area contributed by atoms with Crippen molar-refractivity contribution in [2.75, 3.05) is 0 Å². The summed E-state index contributed by atoms with van der Waals surface area (Å²) < 4.78 is 0. The Hall–Kier alpha value is -1.56. The molecule has 0 unspecified atom stereocenters. The van der Waals surface area contributed by atoms with Gasteiger partial charge >= 0.3 is 0 Å². The first-order valence-electron chi connectivity index (χ1n) is 9.84. The van der Waals surface area contributed by atoms with Crippen LogP contribution in [0.5, 0.6) is 0 Å². The molecule has 4 fully saturated rings. The third-order valence-electron chi connectivity index (χ3n) is 7.23. The topological polar surface area (TPSA) is 0 Å². The van der Waals surface area contributed by atoms with Gasteiger partial charge in [-0.1, -0.05) is 48.5 Å². The third-order valence-corrected chi connectivity index (χ3v) is 7.23. The van der Waals surface area contributed by atoms with Gasteiger partial charge in [0, 0.05) is 0 Å². The molecule has 0 saturated heterocycles. The van der Waals surface area contributed by atoms with Crippen molar-refractivity contribution in [3.05, 3.63) is 70.8 Å². The van der Waals surface area contributed by atoms with Gasteiger partial charge in [-0.2, -0.15) is 0 Å². The predicted octanol–water partition coefficient (Wildman–Crippen LogP) is 6.05. The SMILES string of the molecule is Cc1cc(C23CC4CC(CC(C4)C2)C3)ccc1Cc1ccccc1. The lowest BCUT2D eigenvalue weighted by Crippen LogP contribution is -2.48. The van der Waals surface area contributed by atoms with Gasteiger partial charge in [-0.05, 0) is 97.3 Å².